The molecule has 1 amide bonds. The summed E-state index contributed by atoms with van der Waals surface area (Å²) in [5, 5.41) is 4.49. The minimum atomic E-state index is 0. The monoisotopic (exact) mass is 467 g/mol. The van der Waals surface area contributed by atoms with Gasteiger partial charge in [0.05, 0.1) is 16.0 Å². The summed E-state index contributed by atoms with van der Waals surface area (Å²) >= 11 is 12.1. The average molecular weight is 469 g/mol. The van der Waals surface area contributed by atoms with Crippen molar-refractivity contribution in [2.75, 3.05) is 13.1 Å². The van der Waals surface area contributed by atoms with Crippen LogP contribution in [0.1, 0.15) is 37.7 Å². The van der Waals surface area contributed by atoms with Gasteiger partial charge in [0.15, 0.2) is 0 Å². The molecule has 1 saturated heterocycles. The first kappa shape index (κ1) is 24.0. The van der Waals surface area contributed by atoms with Gasteiger partial charge >= 0.3 is 0 Å². The molecule has 1 aromatic carbocycles. The maximum atomic E-state index is 12.7. The molecule has 8 heteroatoms. The lowest BCUT2D eigenvalue weighted by Crippen LogP contribution is -2.50. The van der Waals surface area contributed by atoms with Gasteiger partial charge in [-0.2, -0.15) is 0 Å². The van der Waals surface area contributed by atoms with Crippen LogP contribution in [0, 0.1) is 17.8 Å². The van der Waals surface area contributed by atoms with E-state index in [1.807, 2.05) is 18.2 Å². The van der Waals surface area contributed by atoms with Crippen molar-refractivity contribution < 1.29 is 4.79 Å². The van der Waals surface area contributed by atoms with Crippen molar-refractivity contribution >= 4 is 53.9 Å². The Kier molecular flexibility index (Phi) is 8.75. The predicted molar refractivity (Wildman–Crippen MR) is 120 cm³/mol. The minimum Gasteiger partial charge on any atom is -0.353 e. The number of carbonyl (C=O) groups excluding carboxylic acids is 1. The van der Waals surface area contributed by atoms with Crippen LogP contribution in [-0.4, -0.2) is 36.0 Å². The predicted octanol–water partition coefficient (Wildman–Crippen LogP) is 4.29. The van der Waals surface area contributed by atoms with E-state index in [9.17, 15) is 4.79 Å². The van der Waals surface area contributed by atoms with Crippen LogP contribution in [0.25, 0.3) is 0 Å². The highest BCUT2D eigenvalue weighted by atomic mass is 35.5. The molecular weight excluding hydrogens is 440 g/mol. The lowest BCUT2D eigenvalue weighted by Gasteiger charge is -2.34. The summed E-state index contributed by atoms with van der Waals surface area (Å²) in [6, 6.07) is 6.17. The first-order valence-corrected chi connectivity index (χ1v) is 10.5. The van der Waals surface area contributed by atoms with E-state index in [4.69, 9.17) is 28.9 Å². The second-order valence-electron chi connectivity index (χ2n) is 8.24. The number of piperidine rings is 1. The van der Waals surface area contributed by atoms with Crippen molar-refractivity contribution in [1.82, 2.24) is 10.2 Å². The highest BCUT2D eigenvalue weighted by Gasteiger charge is 2.49. The van der Waals surface area contributed by atoms with Crippen LogP contribution in [0.15, 0.2) is 18.2 Å². The third kappa shape index (κ3) is 5.08. The van der Waals surface area contributed by atoms with Crippen molar-refractivity contribution in [3.8, 4) is 0 Å². The van der Waals surface area contributed by atoms with Crippen molar-refractivity contribution in [3.63, 3.8) is 0 Å². The average Bonchev–Trinajstić information content (AvgIpc) is 3.21. The number of amides is 1. The highest BCUT2D eigenvalue weighted by Crippen LogP contribution is 2.47. The molecule has 3 N–H and O–H groups in total. The minimum absolute atomic E-state index is 0. The van der Waals surface area contributed by atoms with Crippen molar-refractivity contribution in [2.24, 2.45) is 23.5 Å². The zero-order chi connectivity index (χ0) is 18.3. The van der Waals surface area contributed by atoms with Gasteiger partial charge in [-0.1, -0.05) is 29.3 Å². The van der Waals surface area contributed by atoms with E-state index in [2.05, 4.69) is 10.2 Å². The van der Waals surface area contributed by atoms with Gasteiger partial charge in [0, 0.05) is 31.7 Å². The largest absolute Gasteiger partial charge is 0.353 e. The molecule has 3 fully saturated rings. The van der Waals surface area contributed by atoms with Gasteiger partial charge in [-0.25, -0.2) is 0 Å². The number of carbonyl (C=O) groups is 1. The number of nitrogens with zero attached hydrogens (tertiary/aromatic N) is 1. The SMILES string of the molecule is Cl.Cl.NC1C2CCC(C2)C1C(=O)NC1CCN(Cc2ccc(Cl)c(Cl)c2)CC1. The Morgan fingerprint density at radius 3 is 2.36 bits per heavy atom. The van der Waals surface area contributed by atoms with E-state index < -0.39 is 0 Å². The van der Waals surface area contributed by atoms with Gasteiger partial charge in [0.2, 0.25) is 5.91 Å². The fourth-order valence-electron chi connectivity index (χ4n) is 5.15. The van der Waals surface area contributed by atoms with Gasteiger partial charge in [-0.3, -0.25) is 9.69 Å². The Balaban J connectivity index is 0.00000140. The molecule has 1 aromatic rings. The highest BCUT2D eigenvalue weighted by molar-refractivity contribution is 6.42. The first-order valence-electron chi connectivity index (χ1n) is 9.73. The standard InChI is InChI=1S/C20H27Cl2N3O.2ClH/c21-16-4-1-12(9-17(16)22)11-25-7-5-15(6-8-25)24-20(26)18-13-2-3-14(10-13)19(18)23;;/h1,4,9,13-15,18-19H,2-3,5-8,10-11,23H2,(H,24,26);2*1H. The third-order valence-corrected chi connectivity index (χ3v) is 7.35. The van der Waals surface area contributed by atoms with Crippen LogP contribution in [0.5, 0.6) is 0 Å². The second-order valence-corrected chi connectivity index (χ2v) is 9.06. The van der Waals surface area contributed by atoms with E-state index in [1.54, 1.807) is 0 Å². The topological polar surface area (TPSA) is 58.4 Å². The molecule has 28 heavy (non-hydrogen) atoms. The number of likely N-dealkylation sites (tertiary alicyclic amines) is 1. The number of halogens is 4. The van der Waals surface area contributed by atoms with Crippen LogP contribution in [0.3, 0.4) is 0 Å². The lowest BCUT2D eigenvalue weighted by molar-refractivity contribution is -0.128. The van der Waals surface area contributed by atoms with Crippen LogP contribution in [0.4, 0.5) is 0 Å². The van der Waals surface area contributed by atoms with E-state index >= 15 is 0 Å². The Bertz CT molecular complexity index is 679. The molecule has 2 aliphatic carbocycles. The zero-order valence-corrected chi connectivity index (χ0v) is 18.9. The fraction of sp³-hybridized carbons (Fsp3) is 0.650. The molecule has 4 unspecified atom stereocenters. The van der Waals surface area contributed by atoms with Crippen LogP contribution in [-0.2, 0) is 11.3 Å². The van der Waals surface area contributed by atoms with Crippen molar-refractivity contribution in [1.29, 1.82) is 0 Å². The number of nitrogens with two attached hydrogens (primary N) is 1. The van der Waals surface area contributed by atoms with E-state index in [-0.39, 0.29) is 48.7 Å². The van der Waals surface area contributed by atoms with Crippen LogP contribution >= 0.6 is 48.0 Å². The quantitative estimate of drug-likeness (QED) is 0.692. The second kappa shape index (κ2) is 10.2. The molecular formula is C20H29Cl4N3O. The maximum absolute atomic E-state index is 12.7. The van der Waals surface area contributed by atoms with Gasteiger partial charge in [-0.15, -0.1) is 24.8 Å². The third-order valence-electron chi connectivity index (χ3n) is 6.61. The summed E-state index contributed by atoms with van der Waals surface area (Å²) in [7, 11) is 0. The van der Waals surface area contributed by atoms with Gasteiger partial charge < -0.3 is 11.1 Å². The van der Waals surface area contributed by atoms with Gasteiger partial charge in [0.1, 0.15) is 0 Å². The van der Waals surface area contributed by atoms with Crippen LogP contribution in [0.2, 0.25) is 10.0 Å². The first-order chi connectivity index (χ1) is 12.5. The molecule has 3 aliphatic rings. The molecule has 0 aromatic heterocycles. The van der Waals surface area contributed by atoms with E-state index in [0.29, 0.717) is 21.9 Å². The number of rotatable bonds is 4. The Morgan fingerprint density at radius 2 is 1.75 bits per heavy atom. The number of hydrogen-bond donors (Lipinski definition) is 2. The van der Waals surface area contributed by atoms with Crippen LogP contribution < -0.4 is 11.1 Å². The number of fused-ring (bicyclic) bond motifs is 2. The van der Waals surface area contributed by atoms with Gasteiger partial charge in [0.25, 0.3) is 0 Å². The molecule has 2 bridgehead atoms. The number of nitrogens with one attached hydrogen (secondary N) is 1. The number of benzene rings is 1. The van der Waals surface area contributed by atoms with E-state index in [1.165, 1.54) is 18.4 Å². The molecule has 158 valence electrons. The maximum Gasteiger partial charge on any atom is 0.225 e. The normalized spacial score (nSPS) is 29.8. The fourth-order valence-corrected chi connectivity index (χ4v) is 5.47. The smallest absolute Gasteiger partial charge is 0.225 e. The summed E-state index contributed by atoms with van der Waals surface area (Å²) in [6.45, 7) is 2.83. The molecule has 0 spiro atoms. The zero-order valence-electron chi connectivity index (χ0n) is 15.8. The summed E-state index contributed by atoms with van der Waals surface area (Å²) in [5.41, 5.74) is 7.49. The lowest BCUT2D eigenvalue weighted by atomic mass is 9.84. The Labute approximate surface area is 189 Å². The van der Waals surface area contributed by atoms with Gasteiger partial charge in [-0.05, 0) is 61.6 Å². The molecule has 1 aliphatic heterocycles. The molecule has 1 heterocycles. The Morgan fingerprint density at radius 1 is 1.07 bits per heavy atom. The molecule has 0 radical (unpaired) electrons. The Hall–Kier alpha value is -0.230. The van der Waals surface area contributed by atoms with Crippen molar-refractivity contribution in [3.05, 3.63) is 33.8 Å². The molecule has 4 atom stereocenters. The summed E-state index contributed by atoms with van der Waals surface area (Å²) in [6.07, 6.45) is 5.52. The summed E-state index contributed by atoms with van der Waals surface area (Å²) < 4.78 is 0. The number of hydrogen-bond acceptors (Lipinski definition) is 3. The van der Waals surface area contributed by atoms with E-state index in [0.717, 1.165) is 38.9 Å². The summed E-state index contributed by atoms with van der Waals surface area (Å²) in [5.74, 6) is 1.34. The molecule has 4 nitrogen and oxygen atoms in total. The van der Waals surface area contributed by atoms with Crippen molar-refractivity contribution in [2.45, 2.75) is 50.7 Å². The molecule has 4 rings (SSSR count). The molecule has 2 saturated carbocycles. The summed E-state index contributed by atoms with van der Waals surface area (Å²) in [4.78, 5) is 15.1.